The van der Waals surface area contributed by atoms with Crippen LogP contribution in [0.4, 0.5) is 14.5 Å². The van der Waals surface area contributed by atoms with E-state index in [4.69, 9.17) is 0 Å². The van der Waals surface area contributed by atoms with Crippen LogP contribution in [0.1, 0.15) is 6.92 Å². The highest BCUT2D eigenvalue weighted by Crippen LogP contribution is 2.28. The molecule has 140 valence electrons. The molecule has 0 saturated carbocycles. The summed E-state index contributed by atoms with van der Waals surface area (Å²) in [5.41, 5.74) is 0.425. The lowest BCUT2D eigenvalue weighted by molar-refractivity contribution is -0.115. The molecule has 0 spiro atoms. The van der Waals surface area contributed by atoms with Crippen LogP contribution in [0.25, 0.3) is 11.4 Å². The third-order valence-corrected chi connectivity index (χ3v) is 5.42. The molecule has 3 aromatic rings. The number of hydrogen-bond acceptors (Lipinski definition) is 4. The molecule has 1 N–H and O–H groups in total. The molecule has 0 radical (unpaired) electrons. The molecule has 9 heteroatoms. The standard InChI is InChI=1S/C18H15BrF2N4OS/c1-10(17(26)22-15-8-7-11(19)9-14(15)21)27-18-24-23-16(25(18)2)12-5-3-4-6-13(12)20/h3-10H,1-2H3,(H,22,26). The van der Waals surface area contributed by atoms with Crippen molar-refractivity contribution < 1.29 is 13.6 Å². The van der Waals surface area contributed by atoms with Gasteiger partial charge >= 0.3 is 0 Å². The van der Waals surface area contributed by atoms with Crippen LogP contribution in [0, 0.1) is 11.6 Å². The van der Waals surface area contributed by atoms with Gasteiger partial charge in [0.1, 0.15) is 11.6 Å². The Hall–Kier alpha value is -2.26. The van der Waals surface area contributed by atoms with Crippen LogP contribution in [0.3, 0.4) is 0 Å². The van der Waals surface area contributed by atoms with Gasteiger partial charge in [-0.05, 0) is 37.3 Å². The molecular weight excluding hydrogens is 438 g/mol. The van der Waals surface area contributed by atoms with Gasteiger partial charge in [-0.3, -0.25) is 4.79 Å². The second-order valence-corrected chi connectivity index (χ2v) is 7.94. The van der Waals surface area contributed by atoms with Crippen LogP contribution >= 0.6 is 27.7 Å². The van der Waals surface area contributed by atoms with Gasteiger partial charge in [-0.25, -0.2) is 8.78 Å². The number of benzene rings is 2. The molecule has 3 rings (SSSR count). The van der Waals surface area contributed by atoms with E-state index in [1.807, 2.05) is 0 Å². The van der Waals surface area contributed by atoms with Crippen LogP contribution in [-0.2, 0) is 11.8 Å². The quantitative estimate of drug-likeness (QED) is 0.572. The Balaban J connectivity index is 1.73. The van der Waals surface area contributed by atoms with Crippen LogP contribution in [0.15, 0.2) is 52.1 Å². The summed E-state index contributed by atoms with van der Waals surface area (Å²) < 4.78 is 30.1. The number of anilines is 1. The molecule has 1 amide bonds. The molecular formula is C18H15BrF2N4OS. The normalized spacial score (nSPS) is 12.0. The van der Waals surface area contributed by atoms with Gasteiger partial charge in [0, 0.05) is 11.5 Å². The predicted octanol–water partition coefficient (Wildman–Crippen LogP) is 4.64. The number of hydrogen-bond donors (Lipinski definition) is 1. The van der Waals surface area contributed by atoms with Gasteiger partial charge in [0.05, 0.1) is 16.5 Å². The largest absolute Gasteiger partial charge is 0.323 e. The first-order chi connectivity index (χ1) is 12.9. The Bertz CT molecular complexity index is 995. The first-order valence-electron chi connectivity index (χ1n) is 7.93. The monoisotopic (exact) mass is 452 g/mol. The number of thioether (sulfide) groups is 1. The predicted molar refractivity (Wildman–Crippen MR) is 104 cm³/mol. The summed E-state index contributed by atoms with van der Waals surface area (Å²) in [5.74, 6) is -0.949. The second kappa shape index (κ2) is 8.18. The molecule has 0 aliphatic heterocycles. The molecule has 0 fully saturated rings. The number of halogens is 3. The SMILES string of the molecule is CC(Sc1nnc(-c2ccccc2F)n1C)C(=O)Nc1ccc(Br)cc1F. The van der Waals surface area contributed by atoms with Crippen LogP contribution in [0.5, 0.6) is 0 Å². The number of carbonyl (C=O) groups excluding carboxylic acids is 1. The van der Waals surface area contributed by atoms with Crippen molar-refractivity contribution in [2.45, 2.75) is 17.3 Å². The third kappa shape index (κ3) is 4.36. The Morgan fingerprint density at radius 1 is 1.19 bits per heavy atom. The summed E-state index contributed by atoms with van der Waals surface area (Å²) in [5, 5.41) is 10.5. The number of amides is 1. The third-order valence-electron chi connectivity index (χ3n) is 3.79. The molecule has 5 nitrogen and oxygen atoms in total. The molecule has 0 saturated heterocycles. The van der Waals surface area contributed by atoms with Gasteiger partial charge in [-0.2, -0.15) is 0 Å². The van der Waals surface area contributed by atoms with E-state index in [0.717, 1.165) is 11.8 Å². The van der Waals surface area contributed by atoms with Crippen molar-refractivity contribution in [1.29, 1.82) is 0 Å². The maximum absolute atomic E-state index is 14.0. The van der Waals surface area contributed by atoms with Crippen LogP contribution in [0.2, 0.25) is 0 Å². The average molecular weight is 453 g/mol. The summed E-state index contributed by atoms with van der Waals surface area (Å²) in [6.45, 7) is 1.67. The number of carbonyl (C=O) groups is 1. The zero-order valence-corrected chi connectivity index (χ0v) is 16.8. The Labute approximate surface area is 167 Å². The van der Waals surface area contributed by atoms with Gasteiger partial charge in [0.25, 0.3) is 0 Å². The molecule has 1 heterocycles. The van der Waals surface area contributed by atoms with Crippen LogP contribution < -0.4 is 5.32 Å². The molecule has 0 aliphatic carbocycles. The number of nitrogens with one attached hydrogen (secondary N) is 1. The minimum Gasteiger partial charge on any atom is -0.323 e. The molecule has 27 heavy (non-hydrogen) atoms. The van der Waals surface area contributed by atoms with E-state index in [2.05, 4.69) is 31.4 Å². The minimum atomic E-state index is -0.565. The van der Waals surface area contributed by atoms with E-state index in [9.17, 15) is 13.6 Å². The van der Waals surface area contributed by atoms with Crippen molar-refractivity contribution >= 4 is 39.3 Å². The highest BCUT2D eigenvalue weighted by molar-refractivity contribution is 9.10. The topological polar surface area (TPSA) is 59.8 Å². The highest BCUT2D eigenvalue weighted by atomic mass is 79.9. The summed E-state index contributed by atoms with van der Waals surface area (Å²) in [6, 6.07) is 10.7. The number of nitrogens with zero attached hydrogens (tertiary/aromatic N) is 3. The van der Waals surface area contributed by atoms with Crippen molar-refractivity contribution in [2.24, 2.45) is 7.05 Å². The molecule has 1 aromatic heterocycles. The summed E-state index contributed by atoms with van der Waals surface area (Å²) in [4.78, 5) is 12.4. The smallest absolute Gasteiger partial charge is 0.237 e. The van der Waals surface area contributed by atoms with E-state index in [1.165, 1.54) is 18.2 Å². The van der Waals surface area contributed by atoms with Crippen molar-refractivity contribution in [3.8, 4) is 11.4 Å². The minimum absolute atomic E-state index is 0.0978. The maximum Gasteiger partial charge on any atom is 0.237 e. The maximum atomic E-state index is 14.0. The molecule has 1 unspecified atom stereocenters. The first kappa shape index (κ1) is 19.5. The van der Waals surface area contributed by atoms with E-state index in [-0.39, 0.29) is 11.6 Å². The fraction of sp³-hybridized carbons (Fsp3) is 0.167. The highest BCUT2D eigenvalue weighted by Gasteiger charge is 2.21. The van der Waals surface area contributed by atoms with Crippen LogP contribution in [-0.4, -0.2) is 25.9 Å². The van der Waals surface area contributed by atoms with E-state index in [0.29, 0.717) is 21.0 Å². The van der Waals surface area contributed by atoms with Gasteiger partial charge in [0.2, 0.25) is 5.91 Å². The lowest BCUT2D eigenvalue weighted by atomic mass is 10.2. The average Bonchev–Trinajstić information content (AvgIpc) is 2.98. The van der Waals surface area contributed by atoms with Gasteiger partial charge in [-0.15, -0.1) is 10.2 Å². The zero-order chi connectivity index (χ0) is 19.6. The van der Waals surface area contributed by atoms with Gasteiger partial charge in [0.15, 0.2) is 11.0 Å². The van der Waals surface area contributed by atoms with Crippen molar-refractivity contribution in [1.82, 2.24) is 14.8 Å². The first-order valence-corrected chi connectivity index (χ1v) is 9.61. The van der Waals surface area contributed by atoms with E-state index < -0.39 is 16.9 Å². The van der Waals surface area contributed by atoms with Gasteiger partial charge < -0.3 is 9.88 Å². The zero-order valence-electron chi connectivity index (χ0n) is 14.4. The molecule has 0 bridgehead atoms. The Kier molecular flexibility index (Phi) is 5.91. The number of aromatic nitrogens is 3. The summed E-state index contributed by atoms with van der Waals surface area (Å²) in [7, 11) is 1.70. The fourth-order valence-corrected chi connectivity index (χ4v) is 3.48. The molecule has 0 aliphatic rings. The van der Waals surface area contributed by atoms with E-state index in [1.54, 1.807) is 42.8 Å². The lowest BCUT2D eigenvalue weighted by Crippen LogP contribution is -2.23. The van der Waals surface area contributed by atoms with Crippen molar-refractivity contribution in [3.63, 3.8) is 0 Å². The van der Waals surface area contributed by atoms with E-state index >= 15 is 0 Å². The van der Waals surface area contributed by atoms with Crippen molar-refractivity contribution in [3.05, 3.63) is 58.6 Å². The second-order valence-electron chi connectivity index (χ2n) is 5.72. The summed E-state index contributed by atoms with van der Waals surface area (Å²) >= 11 is 4.32. The number of rotatable bonds is 5. The summed E-state index contributed by atoms with van der Waals surface area (Å²) in [6.07, 6.45) is 0. The Morgan fingerprint density at radius 2 is 1.93 bits per heavy atom. The van der Waals surface area contributed by atoms with Gasteiger partial charge in [-0.1, -0.05) is 39.8 Å². The van der Waals surface area contributed by atoms with Crippen molar-refractivity contribution in [2.75, 3.05) is 5.32 Å². The molecule has 2 aromatic carbocycles. The Morgan fingerprint density at radius 3 is 2.63 bits per heavy atom. The lowest BCUT2D eigenvalue weighted by Gasteiger charge is -2.12. The molecule has 1 atom stereocenters. The fourth-order valence-electron chi connectivity index (χ4n) is 2.33.